The number of hydrogen-bond acceptors (Lipinski definition) is 9. The Hall–Kier alpha value is -4.94. The molecule has 4 aromatic rings. The average Bonchev–Trinajstić information content (AvgIpc) is 3.88. The first kappa shape index (κ1) is 31.1. The van der Waals surface area contributed by atoms with E-state index >= 15 is 0 Å². The zero-order chi connectivity index (χ0) is 32.1. The van der Waals surface area contributed by atoms with E-state index in [0.717, 1.165) is 39.3 Å². The number of fused-ring (bicyclic) bond motifs is 1. The zero-order valence-electron chi connectivity index (χ0n) is 25.5. The van der Waals surface area contributed by atoms with Crippen LogP contribution in [0.25, 0.3) is 10.9 Å². The number of pyridine rings is 1. The van der Waals surface area contributed by atoms with Gasteiger partial charge >= 0.3 is 0 Å². The topological polar surface area (TPSA) is 137 Å². The van der Waals surface area contributed by atoms with Crippen molar-refractivity contribution in [3.63, 3.8) is 0 Å². The smallest absolute Gasteiger partial charge is 0.240 e. The number of benzene rings is 3. The number of amides is 2. The predicted octanol–water partition coefficient (Wildman–Crippen LogP) is 5.22. The molecule has 2 aliphatic rings. The second-order valence-corrected chi connectivity index (χ2v) is 11.3. The molecular weight excluding hydrogens is 593 g/mol. The number of nitrogens with one attached hydrogen (secondary N) is 2. The molecule has 1 aliphatic carbocycles. The van der Waals surface area contributed by atoms with Gasteiger partial charge in [-0.3, -0.25) is 19.5 Å². The number of carbonyl (C=O) groups is 2. The van der Waals surface area contributed by atoms with Gasteiger partial charge in [-0.1, -0.05) is 0 Å². The molecule has 46 heavy (non-hydrogen) atoms. The number of morpholine rings is 1. The van der Waals surface area contributed by atoms with Crippen LogP contribution in [-0.2, 0) is 14.3 Å². The molecule has 6 rings (SSSR count). The molecule has 3 aromatic carbocycles. The predicted molar refractivity (Wildman–Crippen MR) is 172 cm³/mol. The van der Waals surface area contributed by atoms with E-state index in [9.17, 15) is 14.0 Å². The quantitative estimate of drug-likeness (QED) is 0.110. The van der Waals surface area contributed by atoms with E-state index in [-0.39, 0.29) is 5.69 Å². The number of nitrogen functional groups attached to an aromatic ring is 1. The van der Waals surface area contributed by atoms with Crippen molar-refractivity contribution < 1.29 is 32.9 Å². The molecule has 240 valence electrons. The Morgan fingerprint density at radius 3 is 2.35 bits per heavy atom. The molecule has 0 bridgehead atoms. The van der Waals surface area contributed by atoms with E-state index in [1.807, 2.05) is 12.1 Å². The van der Waals surface area contributed by atoms with Crippen molar-refractivity contribution in [1.29, 1.82) is 0 Å². The molecule has 0 unspecified atom stereocenters. The molecule has 1 saturated carbocycles. The third kappa shape index (κ3) is 6.98. The molecule has 12 heteroatoms. The lowest BCUT2D eigenvalue weighted by atomic mass is 10.0. The fraction of sp³-hybridized carbons (Fsp3) is 0.324. The van der Waals surface area contributed by atoms with E-state index < -0.39 is 23.0 Å². The summed E-state index contributed by atoms with van der Waals surface area (Å²) < 4.78 is 36.5. The van der Waals surface area contributed by atoms with Gasteiger partial charge in [-0.15, -0.1) is 0 Å². The van der Waals surface area contributed by atoms with Crippen LogP contribution in [0.3, 0.4) is 0 Å². The van der Waals surface area contributed by atoms with Crippen LogP contribution in [0.15, 0.2) is 66.9 Å². The van der Waals surface area contributed by atoms with Crippen LogP contribution >= 0.6 is 0 Å². The summed E-state index contributed by atoms with van der Waals surface area (Å²) in [5, 5.41) is 6.21. The van der Waals surface area contributed by atoms with Gasteiger partial charge < -0.3 is 35.3 Å². The van der Waals surface area contributed by atoms with Crippen molar-refractivity contribution in [2.45, 2.75) is 19.3 Å². The Bertz CT molecular complexity index is 1720. The highest BCUT2D eigenvalue weighted by atomic mass is 19.1. The number of nitrogens with two attached hydrogens (primary N) is 1. The molecule has 11 nitrogen and oxygen atoms in total. The minimum atomic E-state index is -1.20. The van der Waals surface area contributed by atoms with Crippen molar-refractivity contribution in [2.75, 3.05) is 62.9 Å². The van der Waals surface area contributed by atoms with Gasteiger partial charge in [0.05, 0.1) is 38.1 Å². The van der Waals surface area contributed by atoms with Gasteiger partial charge in [0, 0.05) is 48.7 Å². The van der Waals surface area contributed by atoms with Crippen LogP contribution in [0.4, 0.5) is 21.5 Å². The van der Waals surface area contributed by atoms with Crippen LogP contribution in [0.2, 0.25) is 0 Å². The lowest BCUT2D eigenvalue weighted by molar-refractivity contribution is -0.131. The van der Waals surface area contributed by atoms with Crippen LogP contribution in [0.5, 0.6) is 23.0 Å². The van der Waals surface area contributed by atoms with Gasteiger partial charge in [-0.25, -0.2) is 4.39 Å². The fourth-order valence-corrected chi connectivity index (χ4v) is 5.34. The van der Waals surface area contributed by atoms with Crippen LogP contribution < -0.4 is 30.6 Å². The number of halogens is 1. The Kier molecular flexibility index (Phi) is 9.18. The van der Waals surface area contributed by atoms with Crippen molar-refractivity contribution in [1.82, 2.24) is 9.88 Å². The molecule has 4 N–H and O–H groups in total. The molecule has 0 spiro atoms. The molecular formula is C34H36FN5O6. The highest BCUT2D eigenvalue weighted by Gasteiger charge is 2.56. The minimum Gasteiger partial charge on any atom is -0.493 e. The molecule has 1 saturated heterocycles. The zero-order valence-corrected chi connectivity index (χ0v) is 25.5. The van der Waals surface area contributed by atoms with Crippen molar-refractivity contribution in [3.8, 4) is 23.0 Å². The van der Waals surface area contributed by atoms with Gasteiger partial charge in [0.25, 0.3) is 0 Å². The van der Waals surface area contributed by atoms with Crippen molar-refractivity contribution >= 4 is 39.8 Å². The largest absolute Gasteiger partial charge is 0.493 e. The number of ether oxygens (including phenoxy) is 4. The highest BCUT2D eigenvalue weighted by Crippen LogP contribution is 2.48. The third-order valence-electron chi connectivity index (χ3n) is 8.18. The van der Waals surface area contributed by atoms with Crippen molar-refractivity contribution in [3.05, 3.63) is 72.7 Å². The summed E-state index contributed by atoms with van der Waals surface area (Å²) in [5.41, 5.74) is 6.93. The number of hydrogen-bond donors (Lipinski definition) is 3. The number of carbonyl (C=O) groups excluding carboxylic acids is 2. The maximum Gasteiger partial charge on any atom is 0.240 e. The maximum atomic E-state index is 13.2. The summed E-state index contributed by atoms with van der Waals surface area (Å²) in [5.74, 6) is 0.755. The second kappa shape index (κ2) is 13.6. The molecule has 2 heterocycles. The summed E-state index contributed by atoms with van der Waals surface area (Å²) in [6, 6.07) is 15.7. The molecule has 0 radical (unpaired) electrons. The van der Waals surface area contributed by atoms with Crippen LogP contribution in [-0.4, -0.2) is 68.3 Å². The average molecular weight is 630 g/mol. The Morgan fingerprint density at radius 2 is 1.65 bits per heavy atom. The first-order valence-electron chi connectivity index (χ1n) is 15.2. The van der Waals surface area contributed by atoms with E-state index in [1.165, 1.54) is 24.3 Å². The summed E-state index contributed by atoms with van der Waals surface area (Å²) in [7, 11) is 1.59. The second-order valence-electron chi connectivity index (χ2n) is 11.3. The molecule has 2 fully saturated rings. The van der Waals surface area contributed by atoms with Gasteiger partial charge in [0.15, 0.2) is 11.5 Å². The molecule has 2 amide bonds. The number of aromatic nitrogens is 1. The Labute approximate surface area is 265 Å². The van der Waals surface area contributed by atoms with E-state index in [4.69, 9.17) is 24.7 Å². The normalized spacial score (nSPS) is 15.6. The number of methoxy groups -OCH3 is 1. The summed E-state index contributed by atoms with van der Waals surface area (Å²) in [4.78, 5) is 32.9. The van der Waals surface area contributed by atoms with E-state index in [2.05, 4.69) is 20.5 Å². The Balaban J connectivity index is 1.10. The van der Waals surface area contributed by atoms with Gasteiger partial charge in [0.2, 0.25) is 11.8 Å². The lowest BCUT2D eigenvalue weighted by Crippen LogP contribution is -2.37. The molecule has 1 aromatic heterocycles. The summed E-state index contributed by atoms with van der Waals surface area (Å²) in [6.45, 7) is 4.88. The first-order chi connectivity index (χ1) is 22.3. The number of rotatable bonds is 12. The van der Waals surface area contributed by atoms with E-state index in [0.29, 0.717) is 64.7 Å². The van der Waals surface area contributed by atoms with Gasteiger partial charge in [-0.05, 0) is 73.9 Å². The van der Waals surface area contributed by atoms with Crippen LogP contribution in [0, 0.1) is 11.2 Å². The third-order valence-corrected chi connectivity index (χ3v) is 8.18. The number of anilines is 3. The van der Waals surface area contributed by atoms with Crippen molar-refractivity contribution in [2.24, 2.45) is 5.41 Å². The first-order valence-corrected chi connectivity index (χ1v) is 15.2. The maximum absolute atomic E-state index is 13.2. The van der Waals surface area contributed by atoms with Gasteiger partial charge in [-0.2, -0.15) is 0 Å². The standard InChI is InChI=1S/C34H36FN5O6/c1-43-30-20-25-27(21-31(30)45-16-2-13-40-14-17-44-18-15-40)37-12-9-28(25)46-29-8-7-24(19-26(29)36)39-33(42)34(10-11-34)32(41)38-23-5-3-22(35)4-6-23/h3-9,12,19-21H,2,10-11,13-18,36H2,1H3,(H,38,41)(H,39,42). The molecule has 0 atom stereocenters. The van der Waals surface area contributed by atoms with Gasteiger partial charge in [0.1, 0.15) is 22.7 Å². The number of nitrogens with zero attached hydrogens (tertiary/aromatic N) is 2. The lowest BCUT2D eigenvalue weighted by Gasteiger charge is -2.26. The van der Waals surface area contributed by atoms with Crippen LogP contribution in [0.1, 0.15) is 19.3 Å². The monoisotopic (exact) mass is 629 g/mol. The Morgan fingerprint density at radius 1 is 0.935 bits per heavy atom. The van der Waals surface area contributed by atoms with E-state index in [1.54, 1.807) is 37.6 Å². The minimum absolute atomic E-state index is 0.288. The molecule has 1 aliphatic heterocycles. The highest BCUT2D eigenvalue weighted by molar-refractivity contribution is 6.17. The summed E-state index contributed by atoms with van der Waals surface area (Å²) in [6.07, 6.45) is 3.32. The summed E-state index contributed by atoms with van der Waals surface area (Å²) >= 11 is 0. The SMILES string of the molecule is COc1cc2c(Oc3ccc(NC(=O)C4(C(=O)Nc5ccc(F)cc5)CC4)cc3N)ccnc2cc1OCCCN1CCOCC1. The fourth-order valence-electron chi connectivity index (χ4n) is 5.34.